The Kier molecular flexibility index (Phi) is 5.13. The Bertz CT molecular complexity index is 389. The minimum Gasteiger partial charge on any atom is -0.481 e. The average molecular weight is 252 g/mol. The SMILES string of the molecule is CC(C)=CC/C=C1\CC[C@H](C(=O)O)[C@@H](C(=O)O)C1. The molecule has 1 rings (SSSR count). The van der Waals surface area contributed by atoms with Crippen molar-refractivity contribution in [3.8, 4) is 0 Å². The van der Waals surface area contributed by atoms with Gasteiger partial charge < -0.3 is 10.2 Å². The van der Waals surface area contributed by atoms with Crippen molar-refractivity contribution in [1.29, 1.82) is 0 Å². The summed E-state index contributed by atoms with van der Waals surface area (Å²) in [5, 5.41) is 18.1. The topological polar surface area (TPSA) is 74.6 Å². The fourth-order valence-electron chi connectivity index (χ4n) is 2.27. The smallest absolute Gasteiger partial charge is 0.307 e. The van der Waals surface area contributed by atoms with Crippen LogP contribution >= 0.6 is 0 Å². The molecule has 0 aromatic carbocycles. The van der Waals surface area contributed by atoms with Crippen molar-refractivity contribution in [2.45, 2.75) is 39.5 Å². The van der Waals surface area contributed by atoms with E-state index in [-0.39, 0.29) is 0 Å². The third-order valence-corrected chi connectivity index (χ3v) is 3.31. The van der Waals surface area contributed by atoms with Gasteiger partial charge in [0, 0.05) is 0 Å². The van der Waals surface area contributed by atoms with Gasteiger partial charge in [0.2, 0.25) is 0 Å². The van der Waals surface area contributed by atoms with E-state index in [1.165, 1.54) is 5.57 Å². The highest BCUT2D eigenvalue weighted by atomic mass is 16.4. The summed E-state index contributed by atoms with van der Waals surface area (Å²) in [5.74, 6) is -3.53. The van der Waals surface area contributed by atoms with Crippen LogP contribution in [0, 0.1) is 11.8 Å². The van der Waals surface area contributed by atoms with Crippen molar-refractivity contribution in [3.63, 3.8) is 0 Å². The standard InChI is InChI=1S/C14H20O4/c1-9(2)4-3-5-10-6-7-11(13(15)16)12(8-10)14(17)18/h4-5,11-12H,3,6-8H2,1-2H3,(H,15,16)(H,17,18)/b10-5+/t11-,12-/m0/s1. The summed E-state index contributed by atoms with van der Waals surface area (Å²) in [7, 11) is 0. The summed E-state index contributed by atoms with van der Waals surface area (Å²) in [6.07, 6.45) is 6.38. The summed E-state index contributed by atoms with van der Waals surface area (Å²) in [6, 6.07) is 0. The Morgan fingerprint density at radius 3 is 2.33 bits per heavy atom. The molecular formula is C14H20O4. The molecule has 0 bridgehead atoms. The van der Waals surface area contributed by atoms with Gasteiger partial charge in [-0.05, 0) is 39.5 Å². The minimum atomic E-state index is -1.00. The molecule has 4 nitrogen and oxygen atoms in total. The van der Waals surface area contributed by atoms with Gasteiger partial charge in [-0.1, -0.05) is 23.3 Å². The molecule has 1 aliphatic carbocycles. The van der Waals surface area contributed by atoms with Crippen LogP contribution in [-0.2, 0) is 9.59 Å². The molecule has 1 saturated carbocycles. The van der Waals surface area contributed by atoms with Gasteiger partial charge in [0.25, 0.3) is 0 Å². The van der Waals surface area contributed by atoms with Crippen LogP contribution < -0.4 is 0 Å². The van der Waals surface area contributed by atoms with E-state index in [1.807, 2.05) is 19.9 Å². The van der Waals surface area contributed by atoms with Crippen LogP contribution in [0.2, 0.25) is 0 Å². The van der Waals surface area contributed by atoms with E-state index < -0.39 is 23.8 Å². The summed E-state index contributed by atoms with van der Waals surface area (Å²) in [4.78, 5) is 22.1. The summed E-state index contributed by atoms with van der Waals surface area (Å²) in [6.45, 7) is 4.03. The molecule has 2 atom stereocenters. The highest BCUT2D eigenvalue weighted by molar-refractivity contribution is 5.80. The highest BCUT2D eigenvalue weighted by Crippen LogP contribution is 2.34. The molecule has 0 saturated heterocycles. The molecule has 2 N–H and O–H groups in total. The van der Waals surface area contributed by atoms with E-state index in [1.54, 1.807) is 0 Å². The number of rotatable bonds is 4. The lowest BCUT2D eigenvalue weighted by molar-refractivity contribution is -0.154. The Morgan fingerprint density at radius 1 is 1.22 bits per heavy atom. The lowest BCUT2D eigenvalue weighted by Crippen LogP contribution is -2.33. The Balaban J connectivity index is 2.71. The monoisotopic (exact) mass is 252 g/mol. The first-order valence-corrected chi connectivity index (χ1v) is 6.18. The average Bonchev–Trinajstić information content (AvgIpc) is 2.28. The second-order valence-electron chi connectivity index (χ2n) is 5.01. The van der Waals surface area contributed by atoms with Crippen molar-refractivity contribution in [1.82, 2.24) is 0 Å². The molecule has 0 spiro atoms. The van der Waals surface area contributed by atoms with Crippen molar-refractivity contribution >= 4 is 11.9 Å². The minimum absolute atomic E-state index is 0.364. The molecule has 1 fully saturated rings. The zero-order valence-electron chi connectivity index (χ0n) is 10.8. The molecule has 0 aromatic rings. The predicted octanol–water partition coefficient (Wildman–Crippen LogP) is 2.85. The van der Waals surface area contributed by atoms with Crippen LogP contribution in [0.4, 0.5) is 0 Å². The van der Waals surface area contributed by atoms with Crippen LogP contribution in [-0.4, -0.2) is 22.2 Å². The number of hydrogen-bond acceptors (Lipinski definition) is 2. The van der Waals surface area contributed by atoms with Gasteiger partial charge in [-0.25, -0.2) is 0 Å². The van der Waals surface area contributed by atoms with Gasteiger partial charge in [-0.2, -0.15) is 0 Å². The maximum Gasteiger partial charge on any atom is 0.307 e. The molecule has 100 valence electrons. The summed E-state index contributed by atoms with van der Waals surface area (Å²) < 4.78 is 0. The van der Waals surface area contributed by atoms with Crippen LogP contribution in [0.3, 0.4) is 0 Å². The predicted molar refractivity (Wildman–Crippen MR) is 68.2 cm³/mol. The van der Waals surface area contributed by atoms with Crippen LogP contribution in [0.15, 0.2) is 23.3 Å². The van der Waals surface area contributed by atoms with Crippen LogP contribution in [0.1, 0.15) is 39.5 Å². The Labute approximate surface area is 107 Å². The molecule has 1 aliphatic rings. The number of aliphatic carboxylic acids is 2. The first kappa shape index (κ1) is 14.5. The van der Waals surface area contributed by atoms with Crippen molar-refractivity contribution < 1.29 is 19.8 Å². The highest BCUT2D eigenvalue weighted by Gasteiger charge is 2.37. The van der Waals surface area contributed by atoms with E-state index in [0.29, 0.717) is 19.3 Å². The Hall–Kier alpha value is -1.58. The first-order chi connectivity index (χ1) is 8.41. The second-order valence-corrected chi connectivity index (χ2v) is 5.01. The fraction of sp³-hybridized carbons (Fsp3) is 0.571. The second kappa shape index (κ2) is 6.38. The van der Waals surface area contributed by atoms with E-state index in [0.717, 1.165) is 12.0 Å². The molecule has 0 amide bonds. The molecule has 0 unspecified atom stereocenters. The first-order valence-electron chi connectivity index (χ1n) is 6.18. The van der Waals surface area contributed by atoms with Gasteiger partial charge >= 0.3 is 11.9 Å². The molecule has 0 aliphatic heterocycles. The molecule has 0 heterocycles. The van der Waals surface area contributed by atoms with E-state index in [9.17, 15) is 9.59 Å². The van der Waals surface area contributed by atoms with Crippen LogP contribution in [0.5, 0.6) is 0 Å². The lowest BCUT2D eigenvalue weighted by Gasteiger charge is -2.27. The molecular weight excluding hydrogens is 232 g/mol. The van der Waals surface area contributed by atoms with Crippen molar-refractivity contribution in [2.24, 2.45) is 11.8 Å². The molecule has 0 radical (unpaired) electrons. The number of allylic oxidation sites excluding steroid dienone is 4. The van der Waals surface area contributed by atoms with Gasteiger partial charge in [-0.15, -0.1) is 0 Å². The van der Waals surface area contributed by atoms with E-state index in [2.05, 4.69) is 6.08 Å². The fourth-order valence-corrected chi connectivity index (χ4v) is 2.27. The molecule has 4 heteroatoms. The number of hydrogen-bond donors (Lipinski definition) is 2. The van der Waals surface area contributed by atoms with Crippen molar-refractivity contribution in [2.75, 3.05) is 0 Å². The number of carbonyl (C=O) groups is 2. The number of carboxylic acids is 2. The zero-order chi connectivity index (χ0) is 13.7. The molecule has 0 aromatic heterocycles. The third kappa shape index (κ3) is 4.02. The van der Waals surface area contributed by atoms with Crippen molar-refractivity contribution in [3.05, 3.63) is 23.3 Å². The Morgan fingerprint density at radius 2 is 1.83 bits per heavy atom. The summed E-state index contributed by atoms with van der Waals surface area (Å²) >= 11 is 0. The normalized spacial score (nSPS) is 25.8. The van der Waals surface area contributed by atoms with E-state index in [4.69, 9.17) is 10.2 Å². The largest absolute Gasteiger partial charge is 0.481 e. The third-order valence-electron chi connectivity index (χ3n) is 3.31. The van der Waals surface area contributed by atoms with Gasteiger partial charge in [0.1, 0.15) is 0 Å². The lowest BCUT2D eigenvalue weighted by atomic mass is 9.76. The van der Waals surface area contributed by atoms with Gasteiger partial charge in [0.05, 0.1) is 11.8 Å². The zero-order valence-corrected chi connectivity index (χ0v) is 10.8. The maximum absolute atomic E-state index is 11.1. The quantitative estimate of drug-likeness (QED) is 0.754. The maximum atomic E-state index is 11.1. The van der Waals surface area contributed by atoms with E-state index >= 15 is 0 Å². The summed E-state index contributed by atoms with van der Waals surface area (Å²) in [5.41, 5.74) is 2.29. The van der Waals surface area contributed by atoms with Crippen LogP contribution in [0.25, 0.3) is 0 Å². The van der Waals surface area contributed by atoms with Gasteiger partial charge in [0.15, 0.2) is 0 Å². The molecule has 18 heavy (non-hydrogen) atoms. The van der Waals surface area contributed by atoms with Gasteiger partial charge in [-0.3, -0.25) is 9.59 Å². The number of carboxylic acid groups (broad SMARTS) is 2.